The fourth-order valence-electron chi connectivity index (χ4n) is 7.00. The van der Waals surface area contributed by atoms with E-state index in [1.807, 2.05) is 12.1 Å². The number of nitrogens with zero attached hydrogens (tertiary/aromatic N) is 2. The van der Waals surface area contributed by atoms with E-state index < -0.39 is 11.5 Å². The number of aliphatic hydroxyl groups is 1. The highest BCUT2D eigenvalue weighted by Gasteiger charge is 2.33. The highest BCUT2D eigenvalue weighted by atomic mass is 35.5. The second-order valence-corrected chi connectivity index (χ2v) is 13.2. The first-order valence-corrected chi connectivity index (χ1v) is 17.8. The third kappa shape index (κ3) is 12.7. The number of benzene rings is 2. The number of piperidine rings is 1. The van der Waals surface area contributed by atoms with Gasteiger partial charge in [-0.1, -0.05) is 102 Å². The van der Waals surface area contributed by atoms with Crippen molar-refractivity contribution >= 4 is 12.4 Å². The van der Waals surface area contributed by atoms with E-state index in [1.165, 1.54) is 76.3 Å². The summed E-state index contributed by atoms with van der Waals surface area (Å²) < 4.78 is 24.4. The third-order valence-electron chi connectivity index (χ3n) is 9.98. The highest BCUT2D eigenvalue weighted by molar-refractivity contribution is 5.85. The monoisotopic (exact) mass is 658 g/mol. The number of methoxy groups -OCH3 is 2. The number of rotatable bonds is 22. The Morgan fingerprint density at radius 1 is 0.826 bits per heavy atom. The van der Waals surface area contributed by atoms with Gasteiger partial charge in [0.05, 0.1) is 31.8 Å². The maximum absolute atomic E-state index is 13.3. The van der Waals surface area contributed by atoms with Crippen LogP contribution >= 0.6 is 12.4 Å². The fraction of sp³-hybridized carbons (Fsp3) is 0.667. The van der Waals surface area contributed by atoms with Crippen LogP contribution in [-0.4, -0.2) is 43.9 Å². The number of hydrogen-bond donors (Lipinski definition) is 1. The Balaban J connectivity index is 0.00000736. The summed E-state index contributed by atoms with van der Waals surface area (Å²) in [6.45, 7) is 5.19. The van der Waals surface area contributed by atoms with Gasteiger partial charge in [-0.2, -0.15) is 5.26 Å². The minimum Gasteiger partial charge on any atom is -0.493 e. The van der Waals surface area contributed by atoms with Crippen molar-refractivity contribution in [3.63, 3.8) is 0 Å². The summed E-state index contributed by atoms with van der Waals surface area (Å²) >= 11 is 0. The van der Waals surface area contributed by atoms with E-state index in [2.05, 4.69) is 24.0 Å². The molecule has 1 fully saturated rings. The van der Waals surface area contributed by atoms with Crippen LogP contribution in [-0.2, 0) is 5.41 Å². The molecule has 0 radical (unpaired) electrons. The van der Waals surface area contributed by atoms with Gasteiger partial charge in [-0.25, -0.2) is 4.39 Å². The van der Waals surface area contributed by atoms with E-state index in [9.17, 15) is 14.8 Å². The molecule has 0 amide bonds. The zero-order chi connectivity index (χ0) is 32.3. The molecule has 46 heavy (non-hydrogen) atoms. The van der Waals surface area contributed by atoms with Crippen LogP contribution in [0.1, 0.15) is 133 Å². The van der Waals surface area contributed by atoms with Gasteiger partial charge in [0, 0.05) is 0 Å². The summed E-state index contributed by atoms with van der Waals surface area (Å²) in [6, 6.07) is 15.0. The maximum Gasteiger partial charge on any atom is 0.161 e. The molecule has 1 aliphatic rings. The average Bonchev–Trinajstić information content (AvgIpc) is 3.08. The molecule has 0 bridgehead atoms. The average molecular weight is 659 g/mol. The van der Waals surface area contributed by atoms with Crippen molar-refractivity contribution in [1.29, 1.82) is 5.26 Å². The van der Waals surface area contributed by atoms with Crippen molar-refractivity contribution in [2.75, 3.05) is 33.9 Å². The van der Waals surface area contributed by atoms with Crippen LogP contribution in [0.2, 0.25) is 0 Å². The molecule has 2 atom stereocenters. The van der Waals surface area contributed by atoms with Crippen LogP contribution in [0.4, 0.5) is 4.39 Å². The van der Waals surface area contributed by atoms with Crippen molar-refractivity contribution in [3.8, 4) is 17.6 Å². The molecule has 5 nitrogen and oxygen atoms in total. The number of likely N-dealkylation sites (tertiary alicyclic amines) is 1. The normalized spacial score (nSPS) is 15.8. The van der Waals surface area contributed by atoms with Crippen LogP contribution in [0, 0.1) is 23.1 Å². The van der Waals surface area contributed by atoms with E-state index in [4.69, 9.17) is 9.47 Å². The molecule has 1 aliphatic heterocycles. The van der Waals surface area contributed by atoms with Crippen LogP contribution in [0.5, 0.6) is 11.5 Å². The standard InChI is InChI=1S/C39H59FN2O3.ClH/c1-4-5-6-7-8-9-10-11-12-13-14-25-39(31-41,34-19-22-36(44-2)37(30-34)45-3)26-15-16-27-42-28-23-33(24-29-42)38(43)32-17-20-35(40)21-18-32;/h17-22,30,33,38,43H,4-16,23-29H2,1-3H3;1H. The van der Waals surface area contributed by atoms with Gasteiger partial charge in [-0.05, 0) is 93.0 Å². The molecular weight excluding hydrogens is 599 g/mol. The molecular formula is C39H60ClFN2O3. The number of halogens is 2. The largest absolute Gasteiger partial charge is 0.493 e. The van der Waals surface area contributed by atoms with Crippen molar-refractivity contribution in [2.24, 2.45) is 5.92 Å². The molecule has 2 aromatic carbocycles. The number of unbranched alkanes of at least 4 members (excludes halogenated alkanes) is 11. The molecule has 0 aromatic heterocycles. The van der Waals surface area contributed by atoms with E-state index in [1.54, 1.807) is 26.4 Å². The first kappa shape index (κ1) is 39.8. The molecule has 3 rings (SSSR count). The van der Waals surface area contributed by atoms with Gasteiger partial charge >= 0.3 is 0 Å². The first-order chi connectivity index (χ1) is 22.0. The van der Waals surface area contributed by atoms with Gasteiger partial charge in [0.1, 0.15) is 5.82 Å². The van der Waals surface area contributed by atoms with Crippen molar-refractivity contribution in [1.82, 2.24) is 4.90 Å². The predicted molar refractivity (Wildman–Crippen MR) is 190 cm³/mol. The Morgan fingerprint density at radius 3 is 1.91 bits per heavy atom. The second-order valence-electron chi connectivity index (χ2n) is 13.2. The molecule has 0 saturated carbocycles. The Bertz CT molecular complexity index is 1130. The van der Waals surface area contributed by atoms with Crippen LogP contribution in [0.25, 0.3) is 0 Å². The zero-order valence-corrected chi connectivity index (χ0v) is 29.6. The topological polar surface area (TPSA) is 65.7 Å². The lowest BCUT2D eigenvalue weighted by Crippen LogP contribution is -2.36. The van der Waals surface area contributed by atoms with E-state index >= 15 is 0 Å². The Hall–Kier alpha value is -2.33. The molecule has 1 N–H and O–H groups in total. The van der Waals surface area contributed by atoms with E-state index in [0.29, 0.717) is 11.5 Å². The maximum atomic E-state index is 13.3. The third-order valence-corrected chi connectivity index (χ3v) is 9.98. The lowest BCUT2D eigenvalue weighted by molar-refractivity contribution is 0.0583. The number of hydrogen-bond acceptors (Lipinski definition) is 5. The highest BCUT2D eigenvalue weighted by Crippen LogP contribution is 2.40. The van der Waals surface area contributed by atoms with Gasteiger partial charge < -0.3 is 19.5 Å². The number of aliphatic hydroxyl groups excluding tert-OH is 1. The first-order valence-electron chi connectivity index (χ1n) is 17.8. The minimum absolute atomic E-state index is 0. The molecule has 7 heteroatoms. The lowest BCUT2D eigenvalue weighted by Gasteiger charge is -2.34. The molecule has 0 aliphatic carbocycles. The van der Waals surface area contributed by atoms with Crippen LogP contribution in [0.15, 0.2) is 42.5 Å². The molecule has 258 valence electrons. The van der Waals surface area contributed by atoms with Gasteiger partial charge in [0.2, 0.25) is 0 Å². The summed E-state index contributed by atoms with van der Waals surface area (Å²) in [6.07, 6.45) is 19.3. The summed E-state index contributed by atoms with van der Waals surface area (Å²) in [5.41, 5.74) is 1.30. The SMILES string of the molecule is CCCCCCCCCCCCCC(C#N)(CCCCN1CCC(C(O)c2ccc(F)cc2)CC1)c1ccc(OC)c(OC)c1.Cl. The number of nitriles is 1. The minimum atomic E-state index is -0.541. The summed E-state index contributed by atoms with van der Waals surface area (Å²) in [7, 11) is 3.30. The van der Waals surface area contributed by atoms with Gasteiger partial charge in [0.25, 0.3) is 0 Å². The lowest BCUT2D eigenvalue weighted by atomic mass is 9.73. The van der Waals surface area contributed by atoms with Gasteiger partial charge in [0.15, 0.2) is 11.5 Å². The summed E-state index contributed by atoms with van der Waals surface area (Å²) in [4.78, 5) is 2.49. The quantitative estimate of drug-likeness (QED) is 0.128. The predicted octanol–water partition coefficient (Wildman–Crippen LogP) is 10.3. The molecule has 2 aromatic rings. The smallest absolute Gasteiger partial charge is 0.161 e. The molecule has 1 heterocycles. The van der Waals surface area contributed by atoms with Crippen molar-refractivity contribution < 1.29 is 19.0 Å². The Labute approximate surface area is 285 Å². The van der Waals surface area contributed by atoms with E-state index in [0.717, 1.165) is 75.7 Å². The van der Waals surface area contributed by atoms with E-state index in [-0.39, 0.29) is 24.1 Å². The Morgan fingerprint density at radius 2 is 1.37 bits per heavy atom. The van der Waals surface area contributed by atoms with Crippen LogP contribution < -0.4 is 9.47 Å². The van der Waals surface area contributed by atoms with Gasteiger partial charge in [-0.15, -0.1) is 12.4 Å². The van der Waals surface area contributed by atoms with Crippen molar-refractivity contribution in [2.45, 2.75) is 128 Å². The molecule has 0 spiro atoms. The van der Waals surface area contributed by atoms with Crippen LogP contribution in [0.3, 0.4) is 0 Å². The fourth-order valence-corrected chi connectivity index (χ4v) is 7.00. The Kier molecular flexibility index (Phi) is 19.3. The second kappa shape index (κ2) is 22.3. The zero-order valence-electron chi connectivity index (χ0n) is 28.8. The summed E-state index contributed by atoms with van der Waals surface area (Å²) in [5.74, 6) is 1.30. The molecule has 1 saturated heterocycles. The van der Waals surface area contributed by atoms with Gasteiger partial charge in [-0.3, -0.25) is 0 Å². The number of ether oxygens (including phenoxy) is 2. The van der Waals surface area contributed by atoms with Crippen molar-refractivity contribution in [3.05, 3.63) is 59.4 Å². The summed E-state index contributed by atoms with van der Waals surface area (Å²) in [5, 5.41) is 21.5. The molecule has 2 unspecified atom stereocenters.